The molecule has 0 aliphatic heterocycles. The van der Waals surface area contributed by atoms with Crippen LogP contribution >= 0.6 is 0 Å². The maximum Gasteiger partial charge on any atom is 0.224 e. The first kappa shape index (κ1) is 11.4. The lowest BCUT2D eigenvalue weighted by Crippen LogP contribution is -2.27. The zero-order chi connectivity index (χ0) is 9.40. The molecule has 0 saturated carbocycles. The van der Waals surface area contributed by atoms with Gasteiger partial charge in [0.2, 0.25) is 5.91 Å². The highest BCUT2D eigenvalue weighted by molar-refractivity contribution is 5.75. The van der Waals surface area contributed by atoms with Gasteiger partial charge in [0, 0.05) is 20.1 Å². The summed E-state index contributed by atoms with van der Waals surface area (Å²) in [4.78, 5) is 12.8. The predicted molar refractivity (Wildman–Crippen MR) is 47.8 cm³/mol. The number of nitrogens with two attached hydrogens (primary N) is 1. The van der Waals surface area contributed by atoms with Crippen molar-refractivity contribution in [1.82, 2.24) is 4.90 Å². The Kier molecular flexibility index (Phi) is 6.70. The molecule has 72 valence electrons. The molecule has 0 aromatic rings. The molecule has 0 spiro atoms. The minimum atomic E-state index is 0.120. The van der Waals surface area contributed by atoms with Gasteiger partial charge in [-0.15, -0.1) is 0 Å². The lowest BCUT2D eigenvalue weighted by molar-refractivity contribution is -0.130. The molecule has 0 unspecified atom stereocenters. The van der Waals surface area contributed by atoms with Crippen LogP contribution in [0.2, 0.25) is 0 Å². The molecule has 0 aromatic carbocycles. The highest BCUT2D eigenvalue weighted by Crippen LogP contribution is 1.90. The van der Waals surface area contributed by atoms with E-state index < -0.39 is 0 Å². The Hall–Kier alpha value is -0.610. The van der Waals surface area contributed by atoms with Crippen molar-refractivity contribution in [2.75, 3.05) is 33.4 Å². The van der Waals surface area contributed by atoms with E-state index in [2.05, 4.69) is 0 Å². The van der Waals surface area contributed by atoms with Crippen molar-refractivity contribution in [3.05, 3.63) is 0 Å². The summed E-state index contributed by atoms with van der Waals surface area (Å²) in [5.74, 6) is 0.120. The number of ether oxygens (including phenoxy) is 1. The SMILES string of the molecule is CCN(C)C(=O)CCOCCN. The van der Waals surface area contributed by atoms with Gasteiger partial charge in [-0.3, -0.25) is 4.79 Å². The van der Waals surface area contributed by atoms with Crippen LogP contribution in [0.4, 0.5) is 0 Å². The van der Waals surface area contributed by atoms with Crippen LogP contribution in [0.5, 0.6) is 0 Å². The summed E-state index contributed by atoms with van der Waals surface area (Å²) in [6.45, 7) is 4.20. The molecule has 0 saturated heterocycles. The minimum absolute atomic E-state index is 0.120. The van der Waals surface area contributed by atoms with E-state index in [-0.39, 0.29) is 5.91 Å². The molecule has 0 fully saturated rings. The first-order valence-electron chi connectivity index (χ1n) is 4.24. The summed E-state index contributed by atoms with van der Waals surface area (Å²) in [6.07, 6.45) is 0.449. The Morgan fingerprint density at radius 1 is 1.50 bits per heavy atom. The molecule has 0 bridgehead atoms. The Morgan fingerprint density at radius 3 is 2.67 bits per heavy atom. The van der Waals surface area contributed by atoms with Crippen LogP contribution in [0, 0.1) is 0 Å². The summed E-state index contributed by atoms with van der Waals surface area (Å²) in [7, 11) is 1.78. The molecular formula is C8H18N2O2. The number of carbonyl (C=O) groups is 1. The number of rotatable bonds is 6. The smallest absolute Gasteiger partial charge is 0.224 e. The molecule has 1 amide bonds. The second kappa shape index (κ2) is 7.06. The summed E-state index contributed by atoms with van der Waals surface area (Å²) >= 11 is 0. The van der Waals surface area contributed by atoms with E-state index in [0.717, 1.165) is 6.54 Å². The summed E-state index contributed by atoms with van der Waals surface area (Å²) < 4.78 is 5.08. The third kappa shape index (κ3) is 5.09. The van der Waals surface area contributed by atoms with E-state index in [1.807, 2.05) is 6.92 Å². The number of hydrogen-bond acceptors (Lipinski definition) is 3. The maximum atomic E-state index is 11.2. The zero-order valence-electron chi connectivity index (χ0n) is 7.88. The quantitative estimate of drug-likeness (QED) is 0.569. The molecule has 2 N–H and O–H groups in total. The molecule has 0 rings (SSSR count). The number of nitrogens with zero attached hydrogens (tertiary/aromatic N) is 1. The Bertz CT molecular complexity index is 128. The van der Waals surface area contributed by atoms with Gasteiger partial charge in [0.25, 0.3) is 0 Å². The molecule has 0 aromatic heterocycles. The Labute approximate surface area is 73.7 Å². The van der Waals surface area contributed by atoms with Crippen molar-refractivity contribution in [2.24, 2.45) is 5.73 Å². The van der Waals surface area contributed by atoms with Crippen molar-refractivity contribution in [1.29, 1.82) is 0 Å². The Balaban J connectivity index is 3.31. The molecule has 4 heteroatoms. The van der Waals surface area contributed by atoms with Crippen LogP contribution in [0.15, 0.2) is 0 Å². The first-order chi connectivity index (χ1) is 5.72. The van der Waals surface area contributed by atoms with E-state index in [1.54, 1.807) is 11.9 Å². The van der Waals surface area contributed by atoms with Gasteiger partial charge in [-0.05, 0) is 6.92 Å². The largest absolute Gasteiger partial charge is 0.380 e. The van der Waals surface area contributed by atoms with Gasteiger partial charge >= 0.3 is 0 Å². The summed E-state index contributed by atoms with van der Waals surface area (Å²) in [5, 5.41) is 0. The van der Waals surface area contributed by atoms with Gasteiger partial charge in [-0.1, -0.05) is 0 Å². The van der Waals surface area contributed by atoms with E-state index in [0.29, 0.717) is 26.2 Å². The fourth-order valence-electron chi connectivity index (χ4n) is 0.712. The van der Waals surface area contributed by atoms with Gasteiger partial charge in [0.15, 0.2) is 0 Å². The molecular weight excluding hydrogens is 156 g/mol. The molecule has 0 radical (unpaired) electrons. The topological polar surface area (TPSA) is 55.6 Å². The van der Waals surface area contributed by atoms with Crippen LogP contribution < -0.4 is 5.73 Å². The minimum Gasteiger partial charge on any atom is -0.380 e. The van der Waals surface area contributed by atoms with E-state index in [4.69, 9.17) is 10.5 Å². The first-order valence-corrected chi connectivity index (χ1v) is 4.24. The van der Waals surface area contributed by atoms with Crippen molar-refractivity contribution in [3.8, 4) is 0 Å². The van der Waals surface area contributed by atoms with Gasteiger partial charge < -0.3 is 15.4 Å². The third-order valence-electron chi connectivity index (χ3n) is 1.62. The van der Waals surface area contributed by atoms with Crippen LogP contribution in [0.1, 0.15) is 13.3 Å². The molecule has 0 atom stereocenters. The predicted octanol–water partition coefficient (Wildman–Crippen LogP) is -0.170. The normalized spacial score (nSPS) is 9.92. The van der Waals surface area contributed by atoms with Gasteiger partial charge in [-0.25, -0.2) is 0 Å². The molecule has 0 heterocycles. The van der Waals surface area contributed by atoms with E-state index >= 15 is 0 Å². The molecule has 12 heavy (non-hydrogen) atoms. The highest BCUT2D eigenvalue weighted by Gasteiger charge is 2.04. The van der Waals surface area contributed by atoms with Crippen LogP contribution in [0.3, 0.4) is 0 Å². The van der Waals surface area contributed by atoms with Crippen molar-refractivity contribution >= 4 is 5.91 Å². The lowest BCUT2D eigenvalue weighted by atomic mass is 10.4. The second-order valence-electron chi connectivity index (χ2n) is 2.56. The second-order valence-corrected chi connectivity index (χ2v) is 2.56. The maximum absolute atomic E-state index is 11.2. The number of carbonyl (C=O) groups excluding carboxylic acids is 1. The Morgan fingerprint density at radius 2 is 2.17 bits per heavy atom. The van der Waals surface area contributed by atoms with Crippen molar-refractivity contribution in [3.63, 3.8) is 0 Å². The average Bonchev–Trinajstić information content (AvgIpc) is 2.10. The average molecular weight is 174 g/mol. The standard InChI is InChI=1S/C8H18N2O2/c1-3-10(2)8(11)4-6-12-7-5-9/h3-7,9H2,1-2H3. The van der Waals surface area contributed by atoms with Gasteiger partial charge in [0.1, 0.15) is 0 Å². The van der Waals surface area contributed by atoms with Crippen LogP contribution in [-0.2, 0) is 9.53 Å². The third-order valence-corrected chi connectivity index (χ3v) is 1.62. The fraction of sp³-hybridized carbons (Fsp3) is 0.875. The van der Waals surface area contributed by atoms with E-state index in [9.17, 15) is 4.79 Å². The lowest BCUT2D eigenvalue weighted by Gasteiger charge is -2.13. The monoisotopic (exact) mass is 174 g/mol. The zero-order valence-corrected chi connectivity index (χ0v) is 7.88. The van der Waals surface area contributed by atoms with Gasteiger partial charge in [-0.2, -0.15) is 0 Å². The molecule has 0 aliphatic rings. The molecule has 0 aliphatic carbocycles. The summed E-state index contributed by atoms with van der Waals surface area (Å²) in [6, 6.07) is 0. The van der Waals surface area contributed by atoms with Crippen LogP contribution in [-0.4, -0.2) is 44.2 Å². The highest BCUT2D eigenvalue weighted by atomic mass is 16.5. The fourth-order valence-corrected chi connectivity index (χ4v) is 0.712. The number of hydrogen-bond donors (Lipinski definition) is 1. The van der Waals surface area contributed by atoms with Crippen molar-refractivity contribution < 1.29 is 9.53 Å². The van der Waals surface area contributed by atoms with E-state index in [1.165, 1.54) is 0 Å². The van der Waals surface area contributed by atoms with Gasteiger partial charge in [0.05, 0.1) is 19.6 Å². The van der Waals surface area contributed by atoms with Crippen LogP contribution in [0.25, 0.3) is 0 Å². The van der Waals surface area contributed by atoms with Crippen molar-refractivity contribution in [2.45, 2.75) is 13.3 Å². The number of amides is 1. The summed E-state index contributed by atoms with van der Waals surface area (Å²) in [5.41, 5.74) is 5.21. The molecule has 4 nitrogen and oxygen atoms in total.